The summed E-state index contributed by atoms with van der Waals surface area (Å²) < 4.78 is 0. The molecule has 0 aliphatic rings. The lowest BCUT2D eigenvalue weighted by Gasteiger charge is -1.65. The summed E-state index contributed by atoms with van der Waals surface area (Å²) in [5.74, 6) is -0.963. The molecule has 0 aliphatic heterocycles. The molecule has 0 fully saturated rings. The zero-order chi connectivity index (χ0) is 8.57. The van der Waals surface area contributed by atoms with E-state index >= 15 is 0 Å². The molecule has 0 unspecified atom stereocenters. The first-order chi connectivity index (χ1) is 4.54. The molecule has 0 saturated carbocycles. The number of carbonyl (C=O) groups excluding carboxylic acids is 2. The summed E-state index contributed by atoms with van der Waals surface area (Å²) in [5.41, 5.74) is 9.07. The van der Waals surface area contributed by atoms with E-state index in [1.807, 2.05) is 0 Å². The maximum Gasteiger partial charge on any atom is 0.240 e. The van der Waals surface area contributed by atoms with Crippen molar-refractivity contribution in [3.05, 3.63) is 25.3 Å². The zero-order valence-electron chi connectivity index (χ0n) is 6.04. The third-order valence-electron chi connectivity index (χ3n) is 0.402. The molecule has 0 aromatic heterocycles. The van der Waals surface area contributed by atoms with Crippen LogP contribution in [0.3, 0.4) is 0 Å². The fraction of sp³-hybridized carbons (Fsp3) is 0. The number of amides is 2. The molecule has 0 radical (unpaired) electrons. The summed E-state index contributed by atoms with van der Waals surface area (Å²) in [7, 11) is 0. The van der Waals surface area contributed by atoms with Crippen molar-refractivity contribution in [3.8, 4) is 0 Å². The minimum Gasteiger partial charge on any atom is -0.366 e. The molecule has 64 valence electrons. The molecule has 4 N–H and O–H groups in total. The molecule has 0 aromatic rings. The van der Waals surface area contributed by atoms with E-state index < -0.39 is 11.8 Å². The summed E-state index contributed by atoms with van der Waals surface area (Å²) in [6.45, 7) is 6.17. The van der Waals surface area contributed by atoms with Crippen LogP contribution in [-0.2, 0) is 9.59 Å². The fourth-order valence-electron chi connectivity index (χ4n) is 0. The monoisotopic (exact) mass is 176 g/mol. The largest absolute Gasteiger partial charge is 0.366 e. The topological polar surface area (TPSA) is 86.2 Å². The second-order valence-electron chi connectivity index (χ2n) is 1.21. The third-order valence-corrected chi connectivity index (χ3v) is 0.402. The molecular weight excluding hydrogens is 164 g/mol. The SMILES string of the molecule is C=CC(N)=O.C=CC(N)=O.S. The number of carbonyl (C=O) groups is 2. The molecule has 2 amide bonds. The van der Waals surface area contributed by atoms with Crippen molar-refractivity contribution in [2.45, 2.75) is 0 Å². The molecule has 0 rings (SSSR count). The molecule has 0 aromatic carbocycles. The standard InChI is InChI=1S/2C3H5NO.H2S/c2*1-2-3(4)5;/h2*2H,1H2,(H2,4,5);1H2. The molecule has 0 spiro atoms. The predicted molar refractivity (Wildman–Crippen MR) is 49.2 cm³/mol. The van der Waals surface area contributed by atoms with Crippen molar-refractivity contribution in [2.24, 2.45) is 11.5 Å². The van der Waals surface area contributed by atoms with Crippen LogP contribution in [0.2, 0.25) is 0 Å². The van der Waals surface area contributed by atoms with E-state index in [0.717, 1.165) is 12.2 Å². The number of rotatable bonds is 2. The van der Waals surface area contributed by atoms with Crippen LogP contribution in [0.25, 0.3) is 0 Å². The Balaban J connectivity index is -0.000000107. The molecule has 0 heterocycles. The van der Waals surface area contributed by atoms with E-state index in [-0.39, 0.29) is 13.5 Å². The van der Waals surface area contributed by atoms with Crippen molar-refractivity contribution in [1.29, 1.82) is 0 Å². The number of hydrogen-bond donors (Lipinski definition) is 2. The Hall–Kier alpha value is -1.23. The second kappa shape index (κ2) is 11.6. The van der Waals surface area contributed by atoms with Gasteiger partial charge in [0.15, 0.2) is 0 Å². The third kappa shape index (κ3) is 52.4. The van der Waals surface area contributed by atoms with Gasteiger partial charge in [0.05, 0.1) is 0 Å². The van der Waals surface area contributed by atoms with Gasteiger partial charge in [-0.25, -0.2) is 0 Å². The number of nitrogens with two attached hydrogens (primary N) is 2. The van der Waals surface area contributed by atoms with Gasteiger partial charge in [0, 0.05) is 0 Å². The molecule has 4 nitrogen and oxygen atoms in total. The number of primary amides is 2. The quantitative estimate of drug-likeness (QED) is 0.552. The van der Waals surface area contributed by atoms with Crippen LogP contribution in [0.1, 0.15) is 0 Å². The first-order valence-electron chi connectivity index (χ1n) is 2.38. The zero-order valence-corrected chi connectivity index (χ0v) is 7.04. The van der Waals surface area contributed by atoms with Gasteiger partial charge in [-0.05, 0) is 12.2 Å². The highest BCUT2D eigenvalue weighted by atomic mass is 32.1. The van der Waals surface area contributed by atoms with Crippen molar-refractivity contribution in [3.63, 3.8) is 0 Å². The summed E-state index contributed by atoms with van der Waals surface area (Å²) in [5, 5.41) is 0. The van der Waals surface area contributed by atoms with Gasteiger partial charge in [-0.1, -0.05) is 13.2 Å². The van der Waals surface area contributed by atoms with Gasteiger partial charge in [-0.3, -0.25) is 9.59 Å². The van der Waals surface area contributed by atoms with Gasteiger partial charge in [0.25, 0.3) is 0 Å². The Labute approximate surface area is 72.4 Å². The lowest BCUT2D eigenvalue weighted by atomic mass is 10.6. The summed E-state index contributed by atoms with van der Waals surface area (Å²) >= 11 is 0. The van der Waals surface area contributed by atoms with Gasteiger partial charge >= 0.3 is 0 Å². The van der Waals surface area contributed by atoms with Gasteiger partial charge in [-0.15, -0.1) is 0 Å². The minimum atomic E-state index is -0.481. The van der Waals surface area contributed by atoms with Gasteiger partial charge < -0.3 is 11.5 Å². The van der Waals surface area contributed by atoms with Crippen LogP contribution >= 0.6 is 13.5 Å². The average Bonchev–Trinajstić information content (AvgIpc) is 1.89. The smallest absolute Gasteiger partial charge is 0.240 e. The highest BCUT2D eigenvalue weighted by Gasteiger charge is 1.69. The first kappa shape index (κ1) is 16.4. The van der Waals surface area contributed by atoms with Crippen molar-refractivity contribution >= 4 is 25.3 Å². The highest BCUT2D eigenvalue weighted by molar-refractivity contribution is 7.59. The predicted octanol–water partition coefficient (Wildman–Crippen LogP) is -0.572. The maximum absolute atomic E-state index is 9.47. The Morgan fingerprint density at radius 3 is 1.09 bits per heavy atom. The van der Waals surface area contributed by atoms with Gasteiger partial charge in [0.1, 0.15) is 0 Å². The summed E-state index contributed by atoms with van der Waals surface area (Å²) in [6.07, 6.45) is 2.11. The van der Waals surface area contributed by atoms with E-state index in [9.17, 15) is 9.59 Å². The minimum absolute atomic E-state index is 0. The van der Waals surface area contributed by atoms with Gasteiger partial charge in [0.2, 0.25) is 11.8 Å². The molecular formula is C6H12N2O2S. The van der Waals surface area contributed by atoms with E-state index in [0.29, 0.717) is 0 Å². The molecule has 0 atom stereocenters. The van der Waals surface area contributed by atoms with Crippen LogP contribution in [0.15, 0.2) is 25.3 Å². The average molecular weight is 176 g/mol. The number of hydrogen-bond acceptors (Lipinski definition) is 2. The lowest BCUT2D eigenvalue weighted by molar-refractivity contribution is -0.114. The summed E-state index contributed by atoms with van der Waals surface area (Å²) in [6, 6.07) is 0. The maximum atomic E-state index is 9.47. The molecule has 5 heteroatoms. The lowest BCUT2D eigenvalue weighted by Crippen LogP contribution is -2.04. The van der Waals surface area contributed by atoms with E-state index in [1.54, 1.807) is 0 Å². The molecule has 0 aliphatic carbocycles. The normalized spacial score (nSPS) is 5.82. The second-order valence-corrected chi connectivity index (χ2v) is 1.21. The van der Waals surface area contributed by atoms with Crippen molar-refractivity contribution in [2.75, 3.05) is 0 Å². The Morgan fingerprint density at radius 2 is 1.09 bits per heavy atom. The first-order valence-corrected chi connectivity index (χ1v) is 2.38. The Bertz CT molecular complexity index is 139. The van der Waals surface area contributed by atoms with Gasteiger partial charge in [-0.2, -0.15) is 13.5 Å². The molecule has 0 saturated heterocycles. The van der Waals surface area contributed by atoms with Crippen molar-refractivity contribution < 1.29 is 9.59 Å². The van der Waals surface area contributed by atoms with Crippen LogP contribution in [0.4, 0.5) is 0 Å². The van der Waals surface area contributed by atoms with Crippen LogP contribution < -0.4 is 11.5 Å². The highest BCUT2D eigenvalue weighted by Crippen LogP contribution is 1.49. The fourth-order valence-corrected chi connectivity index (χ4v) is 0. The van der Waals surface area contributed by atoms with E-state index in [1.165, 1.54) is 0 Å². The summed E-state index contributed by atoms with van der Waals surface area (Å²) in [4.78, 5) is 18.9. The molecule has 11 heavy (non-hydrogen) atoms. The Kier molecular flexibility index (Phi) is 17.2. The van der Waals surface area contributed by atoms with Crippen LogP contribution in [-0.4, -0.2) is 11.8 Å². The van der Waals surface area contributed by atoms with Crippen molar-refractivity contribution in [1.82, 2.24) is 0 Å². The van der Waals surface area contributed by atoms with Crippen LogP contribution in [0.5, 0.6) is 0 Å². The molecule has 0 bridgehead atoms. The van der Waals surface area contributed by atoms with Crippen LogP contribution in [0, 0.1) is 0 Å². The van der Waals surface area contributed by atoms with E-state index in [2.05, 4.69) is 24.6 Å². The van der Waals surface area contributed by atoms with E-state index in [4.69, 9.17) is 0 Å². The Morgan fingerprint density at radius 1 is 1.00 bits per heavy atom.